The van der Waals surface area contributed by atoms with Gasteiger partial charge in [-0.25, -0.2) is 0 Å². The van der Waals surface area contributed by atoms with E-state index in [1.54, 1.807) is 11.8 Å². The number of rotatable bonds is 4. The van der Waals surface area contributed by atoms with Crippen LogP contribution in [0.2, 0.25) is 0 Å². The molecule has 0 saturated carbocycles. The number of hydrogen-bond donors (Lipinski definition) is 1. The molecule has 1 fully saturated rings. The first-order valence-corrected chi connectivity index (χ1v) is 5.87. The van der Waals surface area contributed by atoms with E-state index in [2.05, 4.69) is 15.0 Å². The Morgan fingerprint density at radius 3 is 2.69 bits per heavy atom. The average molecular weight is 256 g/mol. The van der Waals surface area contributed by atoms with E-state index in [0.29, 0.717) is 0 Å². The second-order valence-electron chi connectivity index (χ2n) is 4.15. The number of nitrogens with zero attached hydrogens (tertiary/aromatic N) is 1. The van der Waals surface area contributed by atoms with Crippen molar-refractivity contribution in [2.75, 3.05) is 25.5 Å². The summed E-state index contributed by atoms with van der Waals surface area (Å²) < 4.78 is 39.6. The van der Waals surface area contributed by atoms with E-state index in [1.165, 1.54) is 0 Å². The fourth-order valence-electron chi connectivity index (χ4n) is 1.10. The fraction of sp³-hybridized carbons (Fsp3) is 0.889. The number of amidine groups is 1. The van der Waals surface area contributed by atoms with Crippen LogP contribution in [0.3, 0.4) is 0 Å². The Morgan fingerprint density at radius 1 is 1.50 bits per heavy atom. The Hall–Kier alpha value is -0.430. The molecule has 0 aliphatic carbocycles. The van der Waals surface area contributed by atoms with Crippen LogP contribution in [-0.4, -0.2) is 42.4 Å². The van der Waals surface area contributed by atoms with E-state index in [-0.39, 0.29) is 18.7 Å². The topological polar surface area (TPSA) is 33.6 Å². The molecular formula is C9H15F3N2OS. The van der Waals surface area contributed by atoms with Gasteiger partial charge < -0.3 is 10.1 Å². The number of hydrogen-bond acceptors (Lipinski definition) is 3. The molecule has 1 N–H and O–H groups in total. The van der Waals surface area contributed by atoms with E-state index in [1.807, 2.05) is 13.8 Å². The van der Waals surface area contributed by atoms with Crippen molar-refractivity contribution >= 4 is 16.9 Å². The van der Waals surface area contributed by atoms with Crippen molar-refractivity contribution in [2.45, 2.75) is 25.6 Å². The number of alkyl halides is 3. The Bertz CT molecular complexity index is 266. The van der Waals surface area contributed by atoms with Crippen molar-refractivity contribution in [1.82, 2.24) is 5.32 Å². The van der Waals surface area contributed by atoms with Crippen LogP contribution in [-0.2, 0) is 4.74 Å². The summed E-state index contributed by atoms with van der Waals surface area (Å²) in [5, 5.41) is 3.95. The third kappa shape index (κ3) is 5.60. The Balaban J connectivity index is 2.14. The number of aliphatic imine (C=N–C) groups is 1. The number of nitrogens with one attached hydrogen (secondary N) is 1. The van der Waals surface area contributed by atoms with Gasteiger partial charge in [-0.05, 0) is 13.8 Å². The minimum absolute atomic E-state index is 0.00826. The molecule has 0 aromatic carbocycles. The average Bonchev–Trinajstić information content (AvgIpc) is 2.43. The van der Waals surface area contributed by atoms with Crippen molar-refractivity contribution < 1.29 is 17.9 Å². The van der Waals surface area contributed by atoms with Crippen LogP contribution < -0.4 is 5.32 Å². The predicted molar refractivity (Wildman–Crippen MR) is 58.8 cm³/mol. The maximum atomic E-state index is 11.7. The van der Waals surface area contributed by atoms with E-state index < -0.39 is 12.8 Å². The molecule has 0 amide bonds. The molecule has 94 valence electrons. The molecule has 1 aliphatic heterocycles. The largest absolute Gasteiger partial charge is 0.411 e. The zero-order valence-electron chi connectivity index (χ0n) is 9.23. The van der Waals surface area contributed by atoms with Gasteiger partial charge >= 0.3 is 6.18 Å². The molecule has 0 aromatic heterocycles. The summed E-state index contributed by atoms with van der Waals surface area (Å²) in [5.41, 5.74) is 0.0102. The fourth-order valence-corrected chi connectivity index (χ4v) is 2.20. The quantitative estimate of drug-likeness (QED) is 0.781. The molecule has 0 bridgehead atoms. The van der Waals surface area contributed by atoms with Crippen molar-refractivity contribution in [2.24, 2.45) is 4.99 Å². The second kappa shape index (κ2) is 5.27. The molecule has 3 nitrogen and oxygen atoms in total. The van der Waals surface area contributed by atoms with Crippen molar-refractivity contribution in [1.29, 1.82) is 0 Å². The van der Waals surface area contributed by atoms with Gasteiger partial charge in [0.05, 0.1) is 13.2 Å². The summed E-state index contributed by atoms with van der Waals surface area (Å²) in [4.78, 5) is 4.11. The smallest absolute Gasteiger partial charge is 0.370 e. The molecule has 0 spiro atoms. The Labute approximate surface area is 96.8 Å². The first kappa shape index (κ1) is 13.6. The SMILES string of the molecule is CC1(C)CSC(=NCCOCC(F)(F)F)N1. The Kier molecular flexibility index (Phi) is 4.49. The van der Waals surface area contributed by atoms with Crippen molar-refractivity contribution in [3.63, 3.8) is 0 Å². The summed E-state index contributed by atoms with van der Waals surface area (Å²) in [6, 6.07) is 0. The molecule has 0 unspecified atom stereocenters. The van der Waals surface area contributed by atoms with Gasteiger partial charge in [0.15, 0.2) is 5.17 Å². The van der Waals surface area contributed by atoms with Gasteiger partial charge in [-0.15, -0.1) is 0 Å². The van der Waals surface area contributed by atoms with Crippen LogP contribution in [0.15, 0.2) is 4.99 Å². The van der Waals surface area contributed by atoms with Gasteiger partial charge in [0.2, 0.25) is 0 Å². The molecule has 16 heavy (non-hydrogen) atoms. The van der Waals surface area contributed by atoms with Crippen molar-refractivity contribution in [3.8, 4) is 0 Å². The molecule has 1 saturated heterocycles. The van der Waals surface area contributed by atoms with Crippen LogP contribution in [0.1, 0.15) is 13.8 Å². The second-order valence-corrected chi connectivity index (χ2v) is 5.12. The van der Waals surface area contributed by atoms with Gasteiger partial charge in [0.1, 0.15) is 6.61 Å². The van der Waals surface area contributed by atoms with Gasteiger partial charge in [0.25, 0.3) is 0 Å². The maximum Gasteiger partial charge on any atom is 0.411 e. The number of thioether (sulfide) groups is 1. The molecule has 0 radical (unpaired) electrons. The van der Waals surface area contributed by atoms with Gasteiger partial charge in [-0.3, -0.25) is 4.99 Å². The lowest BCUT2D eigenvalue weighted by atomic mass is 10.1. The first-order chi connectivity index (χ1) is 7.29. The van der Waals surface area contributed by atoms with Crippen LogP contribution in [0.25, 0.3) is 0 Å². The summed E-state index contributed by atoms with van der Waals surface area (Å²) >= 11 is 1.57. The molecule has 0 aromatic rings. The number of ether oxygens (including phenoxy) is 1. The zero-order chi connectivity index (χ0) is 12.2. The van der Waals surface area contributed by atoms with Crippen molar-refractivity contribution in [3.05, 3.63) is 0 Å². The van der Waals surface area contributed by atoms with E-state index in [0.717, 1.165) is 10.9 Å². The monoisotopic (exact) mass is 256 g/mol. The number of halogens is 3. The maximum absolute atomic E-state index is 11.7. The minimum atomic E-state index is -4.25. The summed E-state index contributed by atoms with van der Waals surface area (Å²) in [6.07, 6.45) is -4.25. The summed E-state index contributed by atoms with van der Waals surface area (Å²) in [5.74, 6) is 0.912. The van der Waals surface area contributed by atoms with Crippen LogP contribution in [0.4, 0.5) is 13.2 Å². The van der Waals surface area contributed by atoms with Crippen LogP contribution in [0.5, 0.6) is 0 Å². The normalized spacial score (nSPS) is 22.4. The van der Waals surface area contributed by atoms with E-state index >= 15 is 0 Å². The van der Waals surface area contributed by atoms with Gasteiger partial charge in [0, 0.05) is 11.3 Å². The van der Waals surface area contributed by atoms with E-state index in [9.17, 15) is 13.2 Å². The molecule has 7 heteroatoms. The standard InChI is InChI=1S/C9H15F3N2OS/c1-8(2)6-16-7(14-8)13-3-4-15-5-9(10,11)12/h3-6H2,1-2H3,(H,13,14). The highest BCUT2D eigenvalue weighted by Gasteiger charge is 2.28. The Morgan fingerprint density at radius 2 is 2.19 bits per heavy atom. The third-order valence-electron chi connectivity index (χ3n) is 1.77. The molecule has 1 heterocycles. The first-order valence-electron chi connectivity index (χ1n) is 4.88. The van der Waals surface area contributed by atoms with Gasteiger partial charge in [-0.2, -0.15) is 13.2 Å². The summed E-state index contributed by atoms with van der Waals surface area (Å²) in [7, 11) is 0. The lowest BCUT2D eigenvalue weighted by molar-refractivity contribution is -0.173. The molecule has 0 atom stereocenters. The molecule has 1 aliphatic rings. The van der Waals surface area contributed by atoms with Crippen LogP contribution >= 0.6 is 11.8 Å². The highest BCUT2D eigenvalue weighted by Crippen LogP contribution is 2.21. The zero-order valence-corrected chi connectivity index (χ0v) is 10.0. The molecular weight excluding hydrogens is 241 g/mol. The minimum Gasteiger partial charge on any atom is -0.370 e. The summed E-state index contributed by atoms with van der Waals surface area (Å²) in [6.45, 7) is 3.13. The highest BCUT2D eigenvalue weighted by atomic mass is 32.2. The predicted octanol–water partition coefficient (Wildman–Crippen LogP) is 2.04. The highest BCUT2D eigenvalue weighted by molar-refractivity contribution is 8.14. The van der Waals surface area contributed by atoms with E-state index in [4.69, 9.17) is 0 Å². The molecule has 1 rings (SSSR count). The van der Waals surface area contributed by atoms with Crippen LogP contribution in [0, 0.1) is 0 Å². The van der Waals surface area contributed by atoms with Gasteiger partial charge in [-0.1, -0.05) is 11.8 Å². The lowest BCUT2D eigenvalue weighted by Crippen LogP contribution is -2.37. The lowest BCUT2D eigenvalue weighted by Gasteiger charge is -2.15. The third-order valence-corrected chi connectivity index (χ3v) is 3.14.